The minimum atomic E-state index is -1.13. The number of hydrogen-bond donors (Lipinski definition) is 0. The lowest BCUT2D eigenvalue weighted by Gasteiger charge is -2.34. The molecule has 0 radical (unpaired) electrons. The number of rotatable bonds is 50. The van der Waals surface area contributed by atoms with Crippen LogP contribution in [-0.2, 0) is 28.6 Å². The van der Waals surface area contributed by atoms with Gasteiger partial charge in [-0.25, -0.2) is 0 Å². The monoisotopic (exact) mass is 952 g/mol. The van der Waals surface area contributed by atoms with Crippen molar-refractivity contribution in [2.75, 3.05) is 41.0 Å². The van der Waals surface area contributed by atoms with Crippen LogP contribution >= 0.6 is 0 Å². The Morgan fingerprint density at radius 2 is 0.779 bits per heavy atom. The molecular weight excluding hydrogens is 847 g/mol. The van der Waals surface area contributed by atoms with E-state index in [9.17, 15) is 19.5 Å². The van der Waals surface area contributed by atoms with Crippen LogP contribution in [-0.4, -0.2) is 75.5 Å². The lowest BCUT2D eigenvalue weighted by atomic mass is 10.0. The molecule has 0 saturated heterocycles. The van der Waals surface area contributed by atoms with E-state index >= 15 is 0 Å². The number of esters is 2. The Morgan fingerprint density at radius 3 is 1.22 bits per heavy atom. The highest BCUT2D eigenvalue weighted by atomic mass is 16.6. The summed E-state index contributed by atoms with van der Waals surface area (Å²) in [6.07, 6.45) is 65.2. The van der Waals surface area contributed by atoms with Gasteiger partial charge >= 0.3 is 11.9 Å². The van der Waals surface area contributed by atoms with Gasteiger partial charge < -0.3 is 28.6 Å². The molecule has 0 aliphatic heterocycles. The first kappa shape index (κ1) is 64.8. The van der Waals surface area contributed by atoms with Crippen molar-refractivity contribution in [1.82, 2.24) is 0 Å². The fourth-order valence-electron chi connectivity index (χ4n) is 7.97. The average Bonchev–Trinajstić information content (AvgIpc) is 3.30. The SMILES string of the molecule is CCCCC/C=C/C/C=C/C/C=C/C/C=C/C/C=C/CCCCC(=O)OCC(COCCC(C(=O)[O-])[N+](C)(C)C)OC(=O)CCCCCCCCC/C=C/CCCCCCCCCCCCCC. The highest BCUT2D eigenvalue weighted by Gasteiger charge is 2.25. The molecule has 2 unspecified atom stereocenters. The summed E-state index contributed by atoms with van der Waals surface area (Å²) in [5.74, 6) is -1.79. The molecule has 0 saturated carbocycles. The molecule has 0 aromatic carbocycles. The van der Waals surface area contributed by atoms with Crippen molar-refractivity contribution < 1.29 is 38.2 Å². The first-order chi connectivity index (χ1) is 33.1. The van der Waals surface area contributed by atoms with Crippen LogP contribution in [0.15, 0.2) is 72.9 Å². The standard InChI is InChI=1S/C60H105NO7/c1-6-8-10-12-14-16-18-20-22-24-26-28-29-31-33-35-37-39-41-43-45-47-49-51-59(63)68-56(54-66-53-52-57(60(64)65)61(3,4)5)55-67-58(62)50-48-46-44-42-40-38-36-34-32-30-27-25-23-21-19-17-15-13-11-9-7-2/h15,17,21,23,27,30-31,33-34,36,40,42,56-57H,6-14,16,18-20,22,24-26,28-29,32,35,37-39,41,43-55H2,1-5H3/b17-15+,23-21+,30-27+,33-31+,36-34+,42-40+. The molecule has 0 aromatic rings. The van der Waals surface area contributed by atoms with E-state index in [-0.39, 0.29) is 42.7 Å². The predicted octanol–water partition coefficient (Wildman–Crippen LogP) is 15.3. The van der Waals surface area contributed by atoms with Crippen LogP contribution in [0.3, 0.4) is 0 Å². The Bertz CT molecular complexity index is 1340. The van der Waals surface area contributed by atoms with Crippen molar-refractivity contribution in [2.45, 2.75) is 251 Å². The summed E-state index contributed by atoms with van der Waals surface area (Å²) in [5, 5.41) is 11.7. The van der Waals surface area contributed by atoms with E-state index < -0.39 is 18.1 Å². The smallest absolute Gasteiger partial charge is 0.306 e. The van der Waals surface area contributed by atoms with Crippen LogP contribution in [0.1, 0.15) is 239 Å². The second-order valence-electron chi connectivity index (χ2n) is 19.8. The molecule has 0 aliphatic carbocycles. The van der Waals surface area contributed by atoms with Crippen molar-refractivity contribution >= 4 is 17.9 Å². The highest BCUT2D eigenvalue weighted by Crippen LogP contribution is 2.15. The van der Waals surface area contributed by atoms with Crippen molar-refractivity contribution in [3.05, 3.63) is 72.9 Å². The van der Waals surface area contributed by atoms with Gasteiger partial charge in [-0.2, -0.15) is 0 Å². The van der Waals surface area contributed by atoms with Crippen LogP contribution in [0.2, 0.25) is 0 Å². The van der Waals surface area contributed by atoms with E-state index in [2.05, 4.69) is 86.8 Å². The number of aliphatic carboxylic acids is 1. The third kappa shape index (κ3) is 47.8. The highest BCUT2D eigenvalue weighted by molar-refractivity contribution is 5.70. The summed E-state index contributed by atoms with van der Waals surface area (Å²) in [4.78, 5) is 37.1. The molecule has 0 rings (SSSR count). The fraction of sp³-hybridized carbons (Fsp3) is 0.750. The Hall–Kier alpha value is -3.23. The van der Waals surface area contributed by atoms with E-state index in [1.807, 2.05) is 0 Å². The van der Waals surface area contributed by atoms with Crippen LogP contribution in [0, 0.1) is 0 Å². The summed E-state index contributed by atoms with van der Waals surface area (Å²) in [6, 6.07) is -0.737. The summed E-state index contributed by atoms with van der Waals surface area (Å²) in [5.41, 5.74) is 0. The Morgan fingerprint density at radius 1 is 0.441 bits per heavy atom. The molecule has 2 atom stereocenters. The van der Waals surface area contributed by atoms with Gasteiger partial charge in [0.25, 0.3) is 0 Å². The van der Waals surface area contributed by atoms with Crippen LogP contribution in [0.4, 0.5) is 0 Å². The largest absolute Gasteiger partial charge is 0.544 e. The number of ether oxygens (including phenoxy) is 3. The quantitative estimate of drug-likeness (QED) is 0.0259. The van der Waals surface area contributed by atoms with Crippen LogP contribution in [0.5, 0.6) is 0 Å². The zero-order chi connectivity index (χ0) is 49.9. The molecule has 8 nitrogen and oxygen atoms in total. The number of carboxylic acids is 1. The Labute approximate surface area is 419 Å². The molecule has 0 heterocycles. The van der Waals surface area contributed by atoms with Crippen molar-refractivity contribution in [3.63, 3.8) is 0 Å². The van der Waals surface area contributed by atoms with E-state index in [1.54, 1.807) is 21.1 Å². The predicted molar refractivity (Wildman–Crippen MR) is 286 cm³/mol. The molecule has 0 N–H and O–H groups in total. The molecule has 392 valence electrons. The summed E-state index contributed by atoms with van der Waals surface area (Å²) < 4.78 is 17.2. The minimum absolute atomic E-state index is 0.0226. The number of carbonyl (C=O) groups is 3. The number of allylic oxidation sites excluding steroid dienone is 12. The van der Waals surface area contributed by atoms with Gasteiger partial charge in [0.2, 0.25) is 0 Å². The second kappa shape index (κ2) is 50.2. The maximum atomic E-state index is 12.8. The maximum Gasteiger partial charge on any atom is 0.306 e. The van der Waals surface area contributed by atoms with Crippen LogP contribution in [0.25, 0.3) is 0 Å². The lowest BCUT2D eigenvalue weighted by Crippen LogP contribution is -2.55. The van der Waals surface area contributed by atoms with E-state index in [4.69, 9.17) is 14.2 Å². The van der Waals surface area contributed by atoms with Gasteiger partial charge in [-0.15, -0.1) is 0 Å². The molecule has 0 amide bonds. The van der Waals surface area contributed by atoms with Crippen molar-refractivity contribution in [1.29, 1.82) is 0 Å². The summed E-state index contributed by atoms with van der Waals surface area (Å²) in [6.45, 7) is 4.61. The van der Waals surface area contributed by atoms with Gasteiger partial charge in [0.1, 0.15) is 12.6 Å². The molecule has 8 heteroatoms. The zero-order valence-electron chi connectivity index (χ0n) is 44.8. The van der Waals surface area contributed by atoms with Crippen molar-refractivity contribution in [3.8, 4) is 0 Å². The molecular formula is C60H105NO7. The topological polar surface area (TPSA) is 102 Å². The summed E-state index contributed by atoms with van der Waals surface area (Å²) >= 11 is 0. The fourth-order valence-corrected chi connectivity index (χ4v) is 7.97. The van der Waals surface area contributed by atoms with Gasteiger partial charge in [-0.3, -0.25) is 9.59 Å². The number of nitrogens with zero attached hydrogens (tertiary/aromatic N) is 1. The number of unbranched alkanes of at least 4 members (excludes halogenated alkanes) is 24. The first-order valence-electron chi connectivity index (χ1n) is 28.0. The molecule has 0 spiro atoms. The normalized spacial score (nSPS) is 13.4. The number of carboxylic acid groups (broad SMARTS) is 1. The molecule has 0 aromatic heterocycles. The number of quaternary nitrogens is 1. The van der Waals surface area contributed by atoms with E-state index in [1.165, 1.54) is 141 Å². The number of carbonyl (C=O) groups excluding carboxylic acids is 3. The van der Waals surface area contributed by atoms with Crippen LogP contribution < -0.4 is 5.11 Å². The lowest BCUT2D eigenvalue weighted by molar-refractivity contribution is -0.889. The van der Waals surface area contributed by atoms with Gasteiger partial charge in [0.05, 0.1) is 40.3 Å². The third-order valence-electron chi connectivity index (χ3n) is 12.3. The van der Waals surface area contributed by atoms with Gasteiger partial charge in [-0.1, -0.05) is 202 Å². The molecule has 0 bridgehead atoms. The Balaban J connectivity index is 4.28. The molecule has 0 aliphatic rings. The minimum Gasteiger partial charge on any atom is -0.544 e. The molecule has 0 fully saturated rings. The summed E-state index contributed by atoms with van der Waals surface area (Å²) in [7, 11) is 5.40. The number of hydrogen-bond acceptors (Lipinski definition) is 7. The maximum absolute atomic E-state index is 12.8. The second-order valence-corrected chi connectivity index (χ2v) is 19.8. The van der Waals surface area contributed by atoms with E-state index in [0.29, 0.717) is 19.3 Å². The first-order valence-corrected chi connectivity index (χ1v) is 28.0. The van der Waals surface area contributed by atoms with E-state index in [0.717, 1.165) is 57.8 Å². The number of likely N-dealkylation sites (N-methyl/N-ethyl adjacent to an activating group) is 1. The van der Waals surface area contributed by atoms with Gasteiger partial charge in [0.15, 0.2) is 6.10 Å². The third-order valence-corrected chi connectivity index (χ3v) is 12.3. The van der Waals surface area contributed by atoms with Gasteiger partial charge in [0, 0.05) is 19.3 Å². The average molecular weight is 952 g/mol. The molecule has 68 heavy (non-hydrogen) atoms. The van der Waals surface area contributed by atoms with Crippen molar-refractivity contribution in [2.24, 2.45) is 0 Å². The Kier molecular flexibility index (Phi) is 47.8. The van der Waals surface area contributed by atoms with Gasteiger partial charge in [-0.05, 0) is 89.9 Å². The zero-order valence-corrected chi connectivity index (χ0v) is 44.8.